The monoisotopic (exact) mass is 395 g/mol. The van der Waals surface area contributed by atoms with Gasteiger partial charge >= 0.3 is 0 Å². The molecule has 0 radical (unpaired) electrons. The fourth-order valence-electron chi connectivity index (χ4n) is 3.29. The Kier molecular flexibility index (Phi) is 5.12. The lowest BCUT2D eigenvalue weighted by atomic mass is 10.0. The number of benzene rings is 2. The summed E-state index contributed by atoms with van der Waals surface area (Å²) in [6, 6.07) is 8.78. The lowest BCUT2D eigenvalue weighted by molar-refractivity contribution is -0.119. The van der Waals surface area contributed by atoms with Crippen LogP contribution in [0.4, 0.5) is 0 Å². The number of ether oxygens (including phenoxy) is 3. The van der Waals surface area contributed by atoms with Crippen LogP contribution in [0.3, 0.4) is 0 Å². The Balaban J connectivity index is 1.78. The highest BCUT2D eigenvalue weighted by molar-refractivity contribution is 5.84. The molecule has 7 heteroatoms. The molecular weight excluding hydrogens is 374 g/mol. The van der Waals surface area contributed by atoms with Crippen LogP contribution in [0, 0.1) is 0 Å². The third kappa shape index (κ3) is 3.76. The summed E-state index contributed by atoms with van der Waals surface area (Å²) in [5.41, 5.74) is 7.29. The Morgan fingerprint density at radius 2 is 1.93 bits per heavy atom. The van der Waals surface area contributed by atoms with Crippen LogP contribution >= 0.6 is 0 Å². The average Bonchev–Trinajstić information content (AvgIpc) is 2.97. The zero-order valence-electron chi connectivity index (χ0n) is 16.0. The van der Waals surface area contributed by atoms with Crippen LogP contribution in [0.5, 0.6) is 17.2 Å². The van der Waals surface area contributed by atoms with Gasteiger partial charge in [-0.05, 0) is 35.7 Å². The molecule has 0 atom stereocenters. The van der Waals surface area contributed by atoms with Crippen molar-refractivity contribution in [1.82, 2.24) is 0 Å². The summed E-state index contributed by atoms with van der Waals surface area (Å²) in [6.07, 6.45) is 2.85. The van der Waals surface area contributed by atoms with E-state index < -0.39 is 5.91 Å². The number of fused-ring (bicyclic) bond motifs is 2. The summed E-state index contributed by atoms with van der Waals surface area (Å²) in [4.78, 5) is 24.2. The lowest BCUT2D eigenvalue weighted by Crippen LogP contribution is -2.20. The largest absolute Gasteiger partial charge is 0.490 e. The number of carbonyl (C=O) groups is 1. The Hall–Kier alpha value is -3.48. The Labute approximate surface area is 167 Å². The Bertz CT molecular complexity index is 1130. The van der Waals surface area contributed by atoms with Crippen LogP contribution in [0.15, 0.2) is 45.8 Å². The molecule has 150 valence electrons. The van der Waals surface area contributed by atoms with Crippen LogP contribution < -0.4 is 25.4 Å². The first kappa shape index (κ1) is 18.9. The number of rotatable bonds is 5. The molecule has 29 heavy (non-hydrogen) atoms. The summed E-state index contributed by atoms with van der Waals surface area (Å²) in [5, 5.41) is 0.442. The molecule has 0 fully saturated rings. The molecule has 7 nitrogen and oxygen atoms in total. The van der Waals surface area contributed by atoms with Crippen molar-refractivity contribution in [3.63, 3.8) is 0 Å². The van der Waals surface area contributed by atoms with Crippen molar-refractivity contribution in [1.29, 1.82) is 0 Å². The molecule has 0 bridgehead atoms. The number of nitrogens with two attached hydrogens (primary N) is 1. The first-order chi connectivity index (χ1) is 14.1. The fraction of sp³-hybridized carbons (Fsp3) is 0.273. The summed E-state index contributed by atoms with van der Waals surface area (Å²) < 4.78 is 22.6. The predicted octanol–water partition coefficient (Wildman–Crippen LogP) is 3.05. The minimum Gasteiger partial charge on any atom is -0.490 e. The topological polar surface area (TPSA) is 101 Å². The minimum atomic E-state index is -0.571. The van der Waals surface area contributed by atoms with E-state index in [0.717, 1.165) is 12.0 Å². The van der Waals surface area contributed by atoms with Gasteiger partial charge in [0.1, 0.15) is 17.6 Å². The summed E-state index contributed by atoms with van der Waals surface area (Å²) in [6.45, 7) is 2.87. The van der Waals surface area contributed by atoms with E-state index in [9.17, 15) is 9.59 Å². The number of hydrogen-bond donors (Lipinski definition) is 1. The number of aryl methyl sites for hydroxylation is 1. The molecule has 2 heterocycles. The summed E-state index contributed by atoms with van der Waals surface area (Å²) in [7, 11) is 0. The maximum absolute atomic E-state index is 13.2. The second-order valence-electron chi connectivity index (χ2n) is 6.76. The third-order valence-electron chi connectivity index (χ3n) is 4.77. The minimum absolute atomic E-state index is 0.156. The quantitative estimate of drug-likeness (QED) is 0.713. The summed E-state index contributed by atoms with van der Waals surface area (Å²) >= 11 is 0. The van der Waals surface area contributed by atoms with Gasteiger partial charge < -0.3 is 24.4 Å². The van der Waals surface area contributed by atoms with Crippen molar-refractivity contribution in [2.45, 2.75) is 19.8 Å². The van der Waals surface area contributed by atoms with Crippen LogP contribution in [-0.4, -0.2) is 25.7 Å². The van der Waals surface area contributed by atoms with Crippen LogP contribution in [0.2, 0.25) is 0 Å². The maximum atomic E-state index is 13.2. The second kappa shape index (κ2) is 7.87. The van der Waals surface area contributed by atoms with Crippen molar-refractivity contribution < 1.29 is 23.4 Å². The van der Waals surface area contributed by atoms with Gasteiger partial charge in [0.25, 0.3) is 5.91 Å². The van der Waals surface area contributed by atoms with Gasteiger partial charge in [-0.1, -0.05) is 13.0 Å². The van der Waals surface area contributed by atoms with E-state index in [1.165, 1.54) is 6.26 Å². The smallest absolute Gasteiger partial charge is 0.255 e. The zero-order valence-corrected chi connectivity index (χ0v) is 16.0. The highest BCUT2D eigenvalue weighted by atomic mass is 16.5. The molecule has 2 aromatic carbocycles. The molecule has 0 saturated heterocycles. The molecule has 1 aromatic heterocycles. The van der Waals surface area contributed by atoms with E-state index in [1.807, 2.05) is 13.0 Å². The lowest BCUT2D eigenvalue weighted by Gasteiger charge is -2.12. The fourth-order valence-corrected chi connectivity index (χ4v) is 3.29. The third-order valence-corrected chi connectivity index (χ3v) is 4.77. The van der Waals surface area contributed by atoms with Crippen molar-refractivity contribution in [2.75, 3.05) is 19.8 Å². The standard InChI is InChI=1S/C22H21NO6/c1-2-13-8-15-19(10-18(13)29-12-21(23)24)28-11-16(22(15)25)14-4-5-17-20(9-14)27-7-3-6-26-17/h4-5,8-11H,2-3,6-7,12H2,1H3,(H2,23,24). The molecular formula is C22H21NO6. The Morgan fingerprint density at radius 1 is 1.14 bits per heavy atom. The van der Waals surface area contributed by atoms with Gasteiger partial charge in [-0.25, -0.2) is 0 Å². The normalized spacial score (nSPS) is 13.1. The van der Waals surface area contributed by atoms with E-state index >= 15 is 0 Å². The van der Waals surface area contributed by atoms with Gasteiger partial charge in [0.15, 0.2) is 18.1 Å². The van der Waals surface area contributed by atoms with Gasteiger partial charge in [0.2, 0.25) is 5.43 Å². The summed E-state index contributed by atoms with van der Waals surface area (Å²) in [5.74, 6) is 1.19. The number of hydrogen-bond acceptors (Lipinski definition) is 6. The van der Waals surface area contributed by atoms with E-state index in [2.05, 4.69) is 0 Å². The maximum Gasteiger partial charge on any atom is 0.255 e. The van der Waals surface area contributed by atoms with E-state index in [-0.39, 0.29) is 12.0 Å². The molecule has 0 unspecified atom stereocenters. The Morgan fingerprint density at radius 3 is 2.69 bits per heavy atom. The predicted molar refractivity (Wildman–Crippen MR) is 108 cm³/mol. The molecule has 1 amide bonds. The SMILES string of the molecule is CCc1cc2c(=O)c(-c3ccc4c(c3)OCCCO4)coc2cc1OCC(N)=O. The van der Waals surface area contributed by atoms with Crippen LogP contribution in [0.1, 0.15) is 18.9 Å². The molecule has 4 rings (SSSR count). The van der Waals surface area contributed by atoms with Crippen molar-refractivity contribution in [3.8, 4) is 28.4 Å². The van der Waals surface area contributed by atoms with E-state index in [4.69, 9.17) is 24.4 Å². The van der Waals surface area contributed by atoms with Crippen molar-refractivity contribution >= 4 is 16.9 Å². The van der Waals surface area contributed by atoms with Gasteiger partial charge in [0.05, 0.1) is 24.2 Å². The molecule has 3 aromatic rings. The molecule has 1 aliphatic heterocycles. The number of carbonyl (C=O) groups excluding carboxylic acids is 1. The number of primary amides is 1. The van der Waals surface area contributed by atoms with Crippen LogP contribution in [0.25, 0.3) is 22.1 Å². The van der Waals surface area contributed by atoms with Crippen molar-refractivity contribution in [3.05, 3.63) is 52.4 Å². The average molecular weight is 395 g/mol. The van der Waals surface area contributed by atoms with Gasteiger partial charge in [0, 0.05) is 12.5 Å². The molecule has 1 aliphatic rings. The van der Waals surface area contributed by atoms with E-state index in [0.29, 0.717) is 59.0 Å². The molecule has 0 saturated carbocycles. The first-order valence-electron chi connectivity index (χ1n) is 9.46. The zero-order chi connectivity index (χ0) is 20.4. The molecule has 0 aliphatic carbocycles. The molecule has 2 N–H and O–H groups in total. The van der Waals surface area contributed by atoms with Crippen LogP contribution in [-0.2, 0) is 11.2 Å². The molecule has 0 spiro atoms. The van der Waals surface area contributed by atoms with Gasteiger partial charge in [-0.2, -0.15) is 0 Å². The van der Waals surface area contributed by atoms with Crippen molar-refractivity contribution in [2.24, 2.45) is 5.73 Å². The van der Waals surface area contributed by atoms with E-state index in [1.54, 1.807) is 24.3 Å². The highest BCUT2D eigenvalue weighted by Gasteiger charge is 2.16. The van der Waals surface area contributed by atoms with Gasteiger partial charge in [-0.3, -0.25) is 9.59 Å². The first-order valence-corrected chi connectivity index (χ1v) is 9.46. The number of amides is 1. The second-order valence-corrected chi connectivity index (χ2v) is 6.76. The highest BCUT2D eigenvalue weighted by Crippen LogP contribution is 2.34. The van der Waals surface area contributed by atoms with Gasteiger partial charge in [-0.15, -0.1) is 0 Å².